The van der Waals surface area contributed by atoms with Gasteiger partial charge in [0.05, 0.1) is 6.20 Å². The van der Waals surface area contributed by atoms with Crippen LogP contribution in [0.4, 0.5) is 11.9 Å². The SMILES string of the molecule is Cn1cc(CCNc2nc(Cl)nc(N3CCCC3)n2)cn1. The summed E-state index contributed by atoms with van der Waals surface area (Å²) in [5, 5.41) is 7.57. The van der Waals surface area contributed by atoms with Crippen molar-refractivity contribution in [1.29, 1.82) is 0 Å². The van der Waals surface area contributed by atoms with Crippen molar-refractivity contribution in [3.8, 4) is 0 Å². The first-order valence-corrected chi connectivity index (χ1v) is 7.46. The van der Waals surface area contributed by atoms with Crippen LogP contribution in [0.1, 0.15) is 18.4 Å². The average Bonchev–Trinajstić information content (AvgIpc) is 3.10. The lowest BCUT2D eigenvalue weighted by molar-refractivity contribution is 0.766. The number of anilines is 2. The molecule has 0 aliphatic carbocycles. The zero-order valence-electron chi connectivity index (χ0n) is 12.0. The summed E-state index contributed by atoms with van der Waals surface area (Å²) in [6, 6.07) is 0. The normalized spacial score (nSPS) is 14.7. The van der Waals surface area contributed by atoms with Crippen molar-refractivity contribution in [2.75, 3.05) is 29.9 Å². The molecule has 0 bridgehead atoms. The topological polar surface area (TPSA) is 71.8 Å². The molecule has 0 spiro atoms. The van der Waals surface area contributed by atoms with Gasteiger partial charge in [-0.15, -0.1) is 0 Å². The molecule has 2 aromatic rings. The third-order valence-electron chi connectivity index (χ3n) is 3.44. The van der Waals surface area contributed by atoms with Crippen LogP contribution >= 0.6 is 11.6 Å². The van der Waals surface area contributed by atoms with Gasteiger partial charge in [0.1, 0.15) is 0 Å². The summed E-state index contributed by atoms with van der Waals surface area (Å²) >= 11 is 5.99. The van der Waals surface area contributed by atoms with Crippen LogP contribution in [0.15, 0.2) is 12.4 Å². The van der Waals surface area contributed by atoms with Crippen molar-refractivity contribution >= 4 is 23.5 Å². The highest BCUT2D eigenvalue weighted by atomic mass is 35.5. The Labute approximate surface area is 128 Å². The third-order valence-corrected chi connectivity index (χ3v) is 3.61. The summed E-state index contributed by atoms with van der Waals surface area (Å²) in [5.74, 6) is 1.19. The maximum absolute atomic E-state index is 5.99. The fourth-order valence-corrected chi connectivity index (χ4v) is 2.55. The molecule has 3 rings (SSSR count). The van der Waals surface area contributed by atoms with E-state index in [4.69, 9.17) is 11.6 Å². The van der Waals surface area contributed by atoms with Gasteiger partial charge in [-0.25, -0.2) is 0 Å². The van der Waals surface area contributed by atoms with Crippen LogP contribution in [-0.2, 0) is 13.5 Å². The Morgan fingerprint density at radius 3 is 2.76 bits per heavy atom. The average molecular weight is 308 g/mol. The van der Waals surface area contributed by atoms with Gasteiger partial charge in [-0.05, 0) is 36.4 Å². The van der Waals surface area contributed by atoms with Crippen LogP contribution < -0.4 is 10.2 Å². The molecule has 0 atom stereocenters. The number of nitrogens with zero attached hydrogens (tertiary/aromatic N) is 6. The van der Waals surface area contributed by atoms with E-state index in [1.165, 1.54) is 18.4 Å². The van der Waals surface area contributed by atoms with Crippen LogP contribution in [0, 0.1) is 0 Å². The second-order valence-corrected chi connectivity index (χ2v) is 5.46. The molecule has 0 unspecified atom stereocenters. The van der Waals surface area contributed by atoms with Crippen LogP contribution in [0.5, 0.6) is 0 Å². The number of hydrogen-bond acceptors (Lipinski definition) is 6. The van der Waals surface area contributed by atoms with Crippen LogP contribution in [0.3, 0.4) is 0 Å². The fraction of sp³-hybridized carbons (Fsp3) is 0.538. The van der Waals surface area contributed by atoms with E-state index >= 15 is 0 Å². The van der Waals surface area contributed by atoms with Crippen molar-refractivity contribution in [2.45, 2.75) is 19.3 Å². The Hall–Kier alpha value is -1.89. The first kappa shape index (κ1) is 14.1. The van der Waals surface area contributed by atoms with Gasteiger partial charge >= 0.3 is 0 Å². The van der Waals surface area contributed by atoms with Crippen LogP contribution in [0.25, 0.3) is 0 Å². The minimum atomic E-state index is 0.232. The second kappa shape index (κ2) is 6.26. The number of rotatable bonds is 5. The first-order chi connectivity index (χ1) is 10.2. The summed E-state index contributed by atoms with van der Waals surface area (Å²) in [5.41, 5.74) is 1.17. The number of aromatic nitrogens is 5. The van der Waals surface area contributed by atoms with Crippen LogP contribution in [-0.4, -0.2) is 44.4 Å². The van der Waals surface area contributed by atoms with E-state index in [-0.39, 0.29) is 5.28 Å². The summed E-state index contributed by atoms with van der Waals surface area (Å²) in [6.07, 6.45) is 7.06. The zero-order chi connectivity index (χ0) is 14.7. The molecular formula is C13H18ClN7. The molecule has 8 heteroatoms. The Morgan fingerprint density at radius 1 is 1.24 bits per heavy atom. The molecule has 3 heterocycles. The van der Waals surface area contributed by atoms with E-state index in [0.29, 0.717) is 11.9 Å². The smallest absolute Gasteiger partial charge is 0.231 e. The molecule has 112 valence electrons. The van der Waals surface area contributed by atoms with E-state index in [9.17, 15) is 0 Å². The maximum Gasteiger partial charge on any atom is 0.231 e. The monoisotopic (exact) mass is 307 g/mol. The summed E-state index contributed by atoms with van der Waals surface area (Å²) in [6.45, 7) is 2.69. The molecule has 1 fully saturated rings. The Morgan fingerprint density at radius 2 is 2.05 bits per heavy atom. The lowest BCUT2D eigenvalue weighted by atomic mass is 10.2. The highest BCUT2D eigenvalue weighted by Crippen LogP contribution is 2.18. The molecule has 7 nitrogen and oxygen atoms in total. The highest BCUT2D eigenvalue weighted by molar-refractivity contribution is 6.28. The Bertz CT molecular complexity index is 606. The lowest BCUT2D eigenvalue weighted by Gasteiger charge is -2.15. The summed E-state index contributed by atoms with van der Waals surface area (Å²) < 4.78 is 1.79. The van der Waals surface area contributed by atoms with Crippen LogP contribution in [0.2, 0.25) is 5.28 Å². The van der Waals surface area contributed by atoms with Gasteiger partial charge in [0.2, 0.25) is 17.2 Å². The van der Waals surface area contributed by atoms with Gasteiger partial charge in [-0.1, -0.05) is 0 Å². The predicted molar refractivity (Wildman–Crippen MR) is 81.7 cm³/mol. The van der Waals surface area contributed by atoms with E-state index in [0.717, 1.165) is 26.1 Å². The number of hydrogen-bond donors (Lipinski definition) is 1. The standard InChI is InChI=1S/C13H18ClN7/c1-20-9-10(8-16-20)4-5-15-12-17-11(14)18-13(19-12)21-6-2-3-7-21/h8-9H,2-7H2,1H3,(H,15,17,18,19). The quantitative estimate of drug-likeness (QED) is 0.903. The highest BCUT2D eigenvalue weighted by Gasteiger charge is 2.16. The van der Waals surface area contributed by atoms with E-state index in [1.54, 1.807) is 4.68 Å². The van der Waals surface area contributed by atoms with Crippen molar-refractivity contribution < 1.29 is 0 Å². The second-order valence-electron chi connectivity index (χ2n) is 5.12. The zero-order valence-corrected chi connectivity index (χ0v) is 12.7. The van der Waals surface area contributed by atoms with Gasteiger partial charge in [0, 0.05) is 32.9 Å². The van der Waals surface area contributed by atoms with Crippen molar-refractivity contribution in [3.63, 3.8) is 0 Å². The van der Waals surface area contributed by atoms with Gasteiger partial charge in [0.25, 0.3) is 0 Å². The molecule has 1 N–H and O–H groups in total. The van der Waals surface area contributed by atoms with Gasteiger partial charge in [-0.3, -0.25) is 4.68 Å². The number of nitrogens with one attached hydrogen (secondary N) is 1. The third kappa shape index (κ3) is 3.60. The molecule has 1 aliphatic rings. The number of aryl methyl sites for hydroxylation is 1. The molecule has 1 aliphatic heterocycles. The number of halogens is 1. The van der Waals surface area contributed by atoms with Crippen molar-refractivity contribution in [3.05, 3.63) is 23.2 Å². The predicted octanol–water partition coefficient (Wildman–Crippen LogP) is 1.51. The molecule has 0 aromatic carbocycles. The van der Waals surface area contributed by atoms with E-state index in [1.807, 2.05) is 19.4 Å². The molecular weight excluding hydrogens is 290 g/mol. The van der Waals surface area contributed by atoms with Gasteiger partial charge < -0.3 is 10.2 Å². The molecule has 0 radical (unpaired) electrons. The molecule has 21 heavy (non-hydrogen) atoms. The molecule has 1 saturated heterocycles. The minimum Gasteiger partial charge on any atom is -0.354 e. The van der Waals surface area contributed by atoms with Gasteiger partial charge in [0.15, 0.2) is 0 Å². The largest absolute Gasteiger partial charge is 0.354 e. The van der Waals surface area contributed by atoms with E-state index in [2.05, 4.69) is 30.3 Å². The lowest BCUT2D eigenvalue weighted by Crippen LogP contribution is -2.21. The Balaban J connectivity index is 1.61. The van der Waals surface area contributed by atoms with Crippen molar-refractivity contribution in [2.24, 2.45) is 7.05 Å². The van der Waals surface area contributed by atoms with E-state index < -0.39 is 0 Å². The Kier molecular flexibility index (Phi) is 4.19. The molecule has 0 saturated carbocycles. The minimum absolute atomic E-state index is 0.232. The fourth-order valence-electron chi connectivity index (χ4n) is 2.40. The maximum atomic E-state index is 5.99. The van der Waals surface area contributed by atoms with Gasteiger partial charge in [-0.2, -0.15) is 20.1 Å². The van der Waals surface area contributed by atoms with Crippen molar-refractivity contribution in [1.82, 2.24) is 24.7 Å². The first-order valence-electron chi connectivity index (χ1n) is 7.08. The summed E-state index contributed by atoms with van der Waals surface area (Å²) in [4.78, 5) is 14.9. The molecule has 0 amide bonds. The summed E-state index contributed by atoms with van der Waals surface area (Å²) in [7, 11) is 1.91. The molecule has 2 aromatic heterocycles.